The van der Waals surface area contributed by atoms with E-state index in [-0.39, 0.29) is 12.4 Å². The van der Waals surface area contributed by atoms with Gasteiger partial charge in [0.15, 0.2) is 0 Å². The minimum absolute atomic E-state index is 0. The van der Waals surface area contributed by atoms with Gasteiger partial charge in [0, 0.05) is 5.56 Å². The number of nitrogens with two attached hydrogens (primary N) is 1. The Labute approximate surface area is 107 Å². The lowest BCUT2D eigenvalue weighted by atomic mass is 9.99. The summed E-state index contributed by atoms with van der Waals surface area (Å²) in [6, 6.07) is 0.290. The highest BCUT2D eigenvalue weighted by Gasteiger charge is 2.36. The summed E-state index contributed by atoms with van der Waals surface area (Å²) in [5, 5.41) is -0.402. The van der Waals surface area contributed by atoms with Gasteiger partial charge in [-0.15, -0.1) is 19.0 Å². The predicted molar refractivity (Wildman–Crippen MR) is 60.8 cm³/mol. The second-order valence-electron chi connectivity index (χ2n) is 3.08. The first-order chi connectivity index (χ1) is 7.29. The number of hydrogen-bond acceptors (Lipinski definition) is 1. The zero-order valence-corrected chi connectivity index (χ0v) is 9.96. The van der Waals surface area contributed by atoms with E-state index in [1.807, 2.05) is 0 Å². The van der Waals surface area contributed by atoms with Gasteiger partial charge in [-0.25, -0.2) is 4.39 Å². The molecule has 0 unspecified atom stereocenters. The van der Waals surface area contributed by atoms with Crippen LogP contribution in [0.15, 0.2) is 24.8 Å². The molecule has 1 aromatic carbocycles. The average Bonchev–Trinajstić information content (AvgIpc) is 2.19. The smallest absolute Gasteiger partial charge is 0.321 e. The molecule has 0 aliphatic heterocycles. The van der Waals surface area contributed by atoms with Gasteiger partial charge in [-0.2, -0.15) is 13.2 Å². The maximum Gasteiger partial charge on any atom is 0.416 e. The summed E-state index contributed by atoms with van der Waals surface area (Å²) < 4.78 is 51.1. The molecule has 0 heterocycles. The van der Waals surface area contributed by atoms with Gasteiger partial charge in [-0.1, -0.05) is 17.7 Å². The Morgan fingerprint density at radius 1 is 1.35 bits per heavy atom. The molecule has 0 saturated heterocycles. The van der Waals surface area contributed by atoms with E-state index in [9.17, 15) is 17.6 Å². The Kier molecular flexibility index (Phi) is 5.45. The zero-order valence-electron chi connectivity index (χ0n) is 8.39. The molecule has 0 radical (unpaired) electrons. The van der Waals surface area contributed by atoms with Gasteiger partial charge in [0.2, 0.25) is 0 Å². The number of hydrogen-bond donors (Lipinski definition) is 1. The molecule has 7 heteroatoms. The van der Waals surface area contributed by atoms with Crippen molar-refractivity contribution in [1.29, 1.82) is 0 Å². The SMILES string of the molecule is C=C[C@@H](N)c1c(C(F)(F)F)ccc(Cl)c1F.Cl. The van der Waals surface area contributed by atoms with Crippen molar-refractivity contribution in [2.75, 3.05) is 0 Å². The Morgan fingerprint density at radius 2 is 1.88 bits per heavy atom. The Bertz CT molecular complexity index is 418. The number of rotatable bonds is 2. The first-order valence-corrected chi connectivity index (χ1v) is 4.60. The molecule has 0 aliphatic rings. The zero-order chi connectivity index (χ0) is 12.5. The molecule has 1 rings (SSSR count). The summed E-state index contributed by atoms with van der Waals surface area (Å²) in [5.74, 6) is -1.16. The molecule has 0 fully saturated rings. The molecule has 1 atom stereocenters. The van der Waals surface area contributed by atoms with Crippen molar-refractivity contribution < 1.29 is 17.6 Å². The predicted octanol–water partition coefficient (Wildman–Crippen LogP) is 4.11. The van der Waals surface area contributed by atoms with E-state index in [4.69, 9.17) is 17.3 Å². The standard InChI is InChI=1S/C10H8ClF4N.ClH/c1-2-7(16)8-5(10(13,14)15)3-4-6(11)9(8)12;/h2-4,7H,1,16H2;1H/t7-;/m1./s1. The van der Waals surface area contributed by atoms with Crippen molar-refractivity contribution in [2.24, 2.45) is 5.73 Å². The van der Waals surface area contributed by atoms with E-state index in [1.165, 1.54) is 0 Å². The summed E-state index contributed by atoms with van der Waals surface area (Å²) >= 11 is 5.40. The van der Waals surface area contributed by atoms with Crippen LogP contribution in [-0.4, -0.2) is 0 Å². The molecule has 0 aliphatic carbocycles. The van der Waals surface area contributed by atoms with Crippen molar-refractivity contribution in [2.45, 2.75) is 12.2 Å². The van der Waals surface area contributed by atoms with Crippen LogP contribution in [0.4, 0.5) is 17.6 Å². The molecule has 0 saturated carbocycles. The van der Waals surface area contributed by atoms with E-state index < -0.39 is 34.2 Å². The average molecular weight is 290 g/mol. The normalized spacial score (nSPS) is 12.8. The minimum atomic E-state index is -4.68. The second-order valence-corrected chi connectivity index (χ2v) is 3.49. The van der Waals surface area contributed by atoms with Crippen LogP contribution in [0.3, 0.4) is 0 Å². The Balaban J connectivity index is 0.00000256. The maximum absolute atomic E-state index is 13.5. The summed E-state index contributed by atoms with van der Waals surface area (Å²) in [6.45, 7) is 3.23. The third-order valence-electron chi connectivity index (χ3n) is 2.03. The monoisotopic (exact) mass is 289 g/mol. The summed E-state index contributed by atoms with van der Waals surface area (Å²) in [6.07, 6.45) is -3.66. The number of benzene rings is 1. The van der Waals surface area contributed by atoms with Crippen molar-refractivity contribution in [3.05, 3.63) is 46.8 Å². The van der Waals surface area contributed by atoms with Gasteiger partial charge in [0.05, 0.1) is 16.6 Å². The topological polar surface area (TPSA) is 26.0 Å². The fourth-order valence-electron chi connectivity index (χ4n) is 1.26. The fraction of sp³-hybridized carbons (Fsp3) is 0.200. The first kappa shape index (κ1) is 16.2. The van der Waals surface area contributed by atoms with Crippen LogP contribution in [-0.2, 0) is 6.18 Å². The number of alkyl halides is 3. The Hall–Kier alpha value is -0.780. The molecule has 1 aromatic rings. The summed E-state index contributed by atoms with van der Waals surface area (Å²) in [5.41, 5.74) is 3.52. The number of halogens is 6. The Morgan fingerprint density at radius 3 is 2.29 bits per heavy atom. The van der Waals surface area contributed by atoms with Crippen molar-refractivity contribution >= 4 is 24.0 Å². The molecule has 17 heavy (non-hydrogen) atoms. The third kappa shape index (κ3) is 3.34. The van der Waals surface area contributed by atoms with Crippen LogP contribution in [0.1, 0.15) is 17.2 Å². The molecule has 0 spiro atoms. The quantitative estimate of drug-likeness (QED) is 0.644. The molecule has 0 aromatic heterocycles. The van der Waals surface area contributed by atoms with Crippen molar-refractivity contribution in [3.8, 4) is 0 Å². The van der Waals surface area contributed by atoms with Crippen molar-refractivity contribution in [3.63, 3.8) is 0 Å². The van der Waals surface area contributed by atoms with Crippen LogP contribution in [0.5, 0.6) is 0 Å². The van der Waals surface area contributed by atoms with Crippen molar-refractivity contribution in [1.82, 2.24) is 0 Å². The molecular weight excluding hydrogens is 281 g/mol. The second kappa shape index (κ2) is 5.71. The largest absolute Gasteiger partial charge is 0.416 e. The molecule has 2 N–H and O–H groups in total. The minimum Gasteiger partial charge on any atom is -0.321 e. The van der Waals surface area contributed by atoms with E-state index in [2.05, 4.69) is 6.58 Å². The van der Waals surface area contributed by atoms with Crippen LogP contribution in [0.2, 0.25) is 5.02 Å². The van der Waals surface area contributed by atoms with Gasteiger partial charge in [0.1, 0.15) is 5.82 Å². The van der Waals surface area contributed by atoms with Crippen LogP contribution in [0.25, 0.3) is 0 Å². The van der Waals surface area contributed by atoms with E-state index in [1.54, 1.807) is 0 Å². The van der Waals surface area contributed by atoms with Gasteiger partial charge in [0.25, 0.3) is 0 Å². The van der Waals surface area contributed by atoms with E-state index >= 15 is 0 Å². The fourth-order valence-corrected chi connectivity index (χ4v) is 1.42. The molecule has 0 bridgehead atoms. The summed E-state index contributed by atoms with van der Waals surface area (Å²) in [7, 11) is 0. The lowest BCUT2D eigenvalue weighted by molar-refractivity contribution is -0.138. The highest BCUT2D eigenvalue weighted by Crippen LogP contribution is 2.37. The molecular formula is C10H9Cl2F4N. The van der Waals surface area contributed by atoms with Gasteiger partial charge in [-0.05, 0) is 12.1 Å². The van der Waals surface area contributed by atoms with Gasteiger partial charge < -0.3 is 5.73 Å². The van der Waals surface area contributed by atoms with Gasteiger partial charge >= 0.3 is 6.18 Å². The lowest BCUT2D eigenvalue weighted by Gasteiger charge is -2.17. The molecule has 1 nitrogen and oxygen atoms in total. The first-order valence-electron chi connectivity index (χ1n) is 4.22. The highest BCUT2D eigenvalue weighted by molar-refractivity contribution is 6.30. The third-order valence-corrected chi connectivity index (χ3v) is 2.32. The summed E-state index contributed by atoms with van der Waals surface area (Å²) in [4.78, 5) is 0. The molecule has 0 amide bonds. The maximum atomic E-state index is 13.5. The van der Waals surface area contributed by atoms with Crippen LogP contribution < -0.4 is 5.73 Å². The van der Waals surface area contributed by atoms with E-state index in [0.29, 0.717) is 6.07 Å². The molecule has 96 valence electrons. The van der Waals surface area contributed by atoms with E-state index in [0.717, 1.165) is 12.1 Å². The highest BCUT2D eigenvalue weighted by atomic mass is 35.5. The van der Waals surface area contributed by atoms with Crippen LogP contribution in [0, 0.1) is 5.82 Å². The lowest BCUT2D eigenvalue weighted by Crippen LogP contribution is -2.18. The van der Waals surface area contributed by atoms with Gasteiger partial charge in [-0.3, -0.25) is 0 Å². The van der Waals surface area contributed by atoms with Crippen LogP contribution >= 0.6 is 24.0 Å².